The van der Waals surface area contributed by atoms with Crippen molar-refractivity contribution in [3.8, 4) is 0 Å². The summed E-state index contributed by atoms with van der Waals surface area (Å²) in [5.74, 6) is -1.06. The molecular formula is C9H9ClNaO5S+. The number of carboxylic acid groups (broad SMARTS) is 1. The summed E-state index contributed by atoms with van der Waals surface area (Å²) >= 11 is 5.29. The van der Waals surface area contributed by atoms with E-state index >= 15 is 0 Å². The quantitative estimate of drug-likeness (QED) is 0.398. The number of carbonyl (C=O) groups is 1. The van der Waals surface area contributed by atoms with Crippen molar-refractivity contribution in [3.05, 3.63) is 29.8 Å². The van der Waals surface area contributed by atoms with Crippen molar-refractivity contribution in [2.45, 2.75) is 4.90 Å². The van der Waals surface area contributed by atoms with Gasteiger partial charge < -0.3 is 5.11 Å². The van der Waals surface area contributed by atoms with Gasteiger partial charge >= 0.3 is 35.5 Å². The number of rotatable bonds is 5. The Hall–Kier alpha value is -0.110. The monoisotopic (exact) mass is 287 g/mol. The van der Waals surface area contributed by atoms with Gasteiger partial charge in [0, 0.05) is 5.88 Å². The zero-order valence-electron chi connectivity index (χ0n) is 9.09. The maximum Gasteiger partial charge on any atom is 1.00 e. The summed E-state index contributed by atoms with van der Waals surface area (Å²) in [6.45, 7) is -0.120. The largest absolute Gasteiger partial charge is 1.00 e. The zero-order valence-corrected chi connectivity index (χ0v) is 12.7. The average molecular weight is 288 g/mol. The Bertz CT molecular complexity index is 471. The molecule has 0 heterocycles. The standard InChI is InChI=1S/C9H9ClO5S.Na/c10-5-6-15-16(13,14)8-3-1-7(2-4-8)9(11)12;/h1-4H,5-6H2,(H,11,12);/q;+1. The smallest absolute Gasteiger partial charge is 0.478 e. The number of hydrogen-bond donors (Lipinski definition) is 1. The van der Waals surface area contributed by atoms with Gasteiger partial charge in [0.2, 0.25) is 0 Å². The third-order valence-corrected chi connectivity index (χ3v) is 3.19. The molecule has 1 rings (SSSR count). The van der Waals surface area contributed by atoms with E-state index in [4.69, 9.17) is 16.7 Å². The van der Waals surface area contributed by atoms with Gasteiger partial charge in [-0.3, -0.25) is 4.18 Å². The molecule has 0 spiro atoms. The molecule has 0 atom stereocenters. The Morgan fingerprint density at radius 1 is 1.29 bits per heavy atom. The SMILES string of the molecule is O=C(O)c1ccc(S(=O)(=O)OCCCl)cc1.[Na+]. The molecule has 17 heavy (non-hydrogen) atoms. The molecule has 1 aromatic rings. The maximum atomic E-state index is 11.4. The second-order valence-electron chi connectivity index (χ2n) is 2.79. The molecule has 0 bridgehead atoms. The van der Waals surface area contributed by atoms with Crippen molar-refractivity contribution in [2.24, 2.45) is 0 Å². The third-order valence-electron chi connectivity index (χ3n) is 1.71. The van der Waals surface area contributed by atoms with Crippen LogP contribution in [0.3, 0.4) is 0 Å². The predicted molar refractivity (Wildman–Crippen MR) is 57.3 cm³/mol. The number of aromatic carboxylic acids is 1. The number of alkyl halides is 1. The van der Waals surface area contributed by atoms with Gasteiger partial charge in [0.15, 0.2) is 0 Å². The van der Waals surface area contributed by atoms with Gasteiger partial charge in [-0.25, -0.2) is 4.79 Å². The summed E-state index contributed by atoms with van der Waals surface area (Å²) in [6.07, 6.45) is 0. The molecule has 0 saturated heterocycles. The first-order chi connectivity index (χ1) is 7.47. The van der Waals surface area contributed by atoms with Crippen molar-refractivity contribution >= 4 is 27.7 Å². The molecule has 0 aliphatic carbocycles. The number of carboxylic acids is 1. The first kappa shape index (κ1) is 16.9. The molecule has 0 aliphatic heterocycles. The molecule has 1 N–H and O–H groups in total. The predicted octanol–water partition coefficient (Wildman–Crippen LogP) is -1.67. The number of benzene rings is 1. The summed E-state index contributed by atoms with van der Waals surface area (Å²) in [7, 11) is -3.84. The Morgan fingerprint density at radius 3 is 2.24 bits per heavy atom. The van der Waals surface area contributed by atoms with E-state index in [0.29, 0.717) is 0 Å². The van der Waals surface area contributed by atoms with Gasteiger partial charge in [-0.2, -0.15) is 8.42 Å². The summed E-state index contributed by atoms with van der Waals surface area (Å²) < 4.78 is 27.4. The van der Waals surface area contributed by atoms with Crippen molar-refractivity contribution < 1.29 is 52.1 Å². The van der Waals surface area contributed by atoms with E-state index in [1.807, 2.05) is 0 Å². The van der Waals surface area contributed by atoms with E-state index in [0.717, 1.165) is 0 Å². The van der Waals surface area contributed by atoms with Crippen LogP contribution in [-0.2, 0) is 14.3 Å². The molecule has 0 radical (unpaired) electrons. The first-order valence-electron chi connectivity index (χ1n) is 4.26. The van der Waals surface area contributed by atoms with Crippen molar-refractivity contribution in [1.29, 1.82) is 0 Å². The summed E-state index contributed by atoms with van der Waals surface area (Å²) in [4.78, 5) is 10.4. The van der Waals surface area contributed by atoms with Crippen molar-refractivity contribution in [2.75, 3.05) is 12.5 Å². The molecule has 1 aromatic carbocycles. The minimum atomic E-state index is -3.84. The molecule has 0 aromatic heterocycles. The topological polar surface area (TPSA) is 80.7 Å². The summed E-state index contributed by atoms with van der Waals surface area (Å²) in [6, 6.07) is 4.73. The van der Waals surface area contributed by atoms with Crippen LogP contribution in [0.2, 0.25) is 0 Å². The fraction of sp³-hybridized carbons (Fsp3) is 0.222. The van der Waals surface area contributed by atoms with Gasteiger partial charge in [0.05, 0.1) is 17.1 Å². The van der Waals surface area contributed by atoms with E-state index in [9.17, 15) is 13.2 Å². The van der Waals surface area contributed by atoms with Crippen LogP contribution in [-0.4, -0.2) is 32.0 Å². The molecule has 8 heteroatoms. The zero-order chi connectivity index (χ0) is 12.2. The number of hydrogen-bond acceptors (Lipinski definition) is 4. The third kappa shape index (κ3) is 4.95. The van der Waals surface area contributed by atoms with E-state index < -0.39 is 16.1 Å². The van der Waals surface area contributed by atoms with Crippen LogP contribution in [0.1, 0.15) is 10.4 Å². The normalized spacial score (nSPS) is 10.6. The second kappa shape index (κ2) is 7.35. The van der Waals surface area contributed by atoms with Crippen LogP contribution in [0, 0.1) is 0 Å². The molecule has 0 saturated carbocycles. The van der Waals surface area contributed by atoms with Crippen molar-refractivity contribution in [3.63, 3.8) is 0 Å². The fourth-order valence-electron chi connectivity index (χ4n) is 0.973. The maximum absolute atomic E-state index is 11.4. The van der Waals surface area contributed by atoms with Crippen LogP contribution in [0.5, 0.6) is 0 Å². The molecule has 0 amide bonds. The van der Waals surface area contributed by atoms with Crippen LogP contribution in [0.4, 0.5) is 0 Å². The Labute approximate surface area is 126 Å². The van der Waals surface area contributed by atoms with Gasteiger partial charge in [0.1, 0.15) is 0 Å². The van der Waals surface area contributed by atoms with Gasteiger partial charge in [-0.1, -0.05) is 0 Å². The van der Waals surface area contributed by atoms with E-state index in [2.05, 4.69) is 4.18 Å². The minimum absolute atomic E-state index is 0. The van der Waals surface area contributed by atoms with E-state index in [1.165, 1.54) is 24.3 Å². The van der Waals surface area contributed by atoms with Crippen LogP contribution < -0.4 is 29.6 Å². The van der Waals surface area contributed by atoms with Gasteiger partial charge in [-0.05, 0) is 24.3 Å². The summed E-state index contributed by atoms with van der Waals surface area (Å²) in [5.41, 5.74) is 0.0105. The van der Waals surface area contributed by atoms with Crippen molar-refractivity contribution in [1.82, 2.24) is 0 Å². The van der Waals surface area contributed by atoms with E-state index in [-0.39, 0.29) is 52.5 Å². The average Bonchev–Trinajstić information content (AvgIpc) is 2.26. The molecule has 0 fully saturated rings. The van der Waals surface area contributed by atoms with E-state index in [1.54, 1.807) is 0 Å². The number of halogens is 1. The second-order valence-corrected chi connectivity index (χ2v) is 4.79. The molecule has 88 valence electrons. The Balaban J connectivity index is 0.00000256. The van der Waals surface area contributed by atoms with Gasteiger partial charge in [-0.15, -0.1) is 11.6 Å². The summed E-state index contributed by atoms with van der Waals surface area (Å²) in [5, 5.41) is 8.62. The fourth-order valence-corrected chi connectivity index (χ4v) is 2.05. The van der Waals surface area contributed by atoms with Crippen LogP contribution in [0.15, 0.2) is 29.2 Å². The first-order valence-corrected chi connectivity index (χ1v) is 6.20. The van der Waals surface area contributed by atoms with Crippen LogP contribution >= 0.6 is 11.6 Å². The molecule has 0 aliphatic rings. The van der Waals surface area contributed by atoms with Crippen LogP contribution in [0.25, 0.3) is 0 Å². The van der Waals surface area contributed by atoms with Gasteiger partial charge in [0.25, 0.3) is 10.1 Å². The Kier molecular flexibility index (Phi) is 7.30. The Morgan fingerprint density at radius 2 is 1.82 bits per heavy atom. The minimum Gasteiger partial charge on any atom is -0.478 e. The molecular weight excluding hydrogens is 279 g/mol. The molecule has 5 nitrogen and oxygen atoms in total. The molecule has 0 unspecified atom stereocenters.